The number of carbonyl (C=O) groups is 1. The van der Waals surface area contributed by atoms with Crippen molar-refractivity contribution in [3.05, 3.63) is 4.91 Å². The number of carboxylic acid groups (broad SMARTS) is 1. The van der Waals surface area contributed by atoms with Crippen LogP contribution in [0.4, 0.5) is 4.79 Å². The zero-order chi connectivity index (χ0) is 5.86. The van der Waals surface area contributed by atoms with Gasteiger partial charge in [0.05, 0.1) is 5.29 Å². The van der Waals surface area contributed by atoms with Gasteiger partial charge in [-0.15, -0.1) is 4.91 Å². The molecule has 0 heterocycles. The van der Waals surface area contributed by atoms with Gasteiger partial charge in [-0.3, -0.25) is 0 Å². The van der Waals surface area contributed by atoms with Crippen LogP contribution in [0.1, 0.15) is 0 Å². The molecule has 0 aliphatic heterocycles. The Balaban J connectivity index is 3.55. The van der Waals surface area contributed by atoms with E-state index >= 15 is 0 Å². The molecule has 0 aromatic carbocycles. The zero-order valence-corrected chi connectivity index (χ0v) is 3.62. The van der Waals surface area contributed by atoms with Crippen LogP contribution in [0.2, 0.25) is 0 Å². The summed E-state index contributed by atoms with van der Waals surface area (Å²) in [5, 5.41) is 11.6. The summed E-state index contributed by atoms with van der Waals surface area (Å²) in [5.74, 6) is 0. The van der Waals surface area contributed by atoms with E-state index in [1.165, 1.54) is 0 Å². The second-order valence-corrected chi connectivity index (χ2v) is 0.871. The molecule has 0 saturated heterocycles. The third kappa shape index (κ3) is 1.69. The molecule has 0 unspecified atom stereocenters. The van der Waals surface area contributed by atoms with Crippen molar-refractivity contribution >= 4 is 6.09 Å². The molecule has 40 valence electrons. The normalized spacial score (nSPS) is 7.57. The van der Waals surface area contributed by atoms with E-state index in [1.807, 2.05) is 5.29 Å². The van der Waals surface area contributed by atoms with Gasteiger partial charge in [0.1, 0.15) is 0 Å². The van der Waals surface area contributed by atoms with Gasteiger partial charge in [-0.2, -0.15) is 0 Å². The van der Waals surface area contributed by atoms with Crippen molar-refractivity contribution < 1.29 is 9.90 Å². The van der Waals surface area contributed by atoms with Crippen LogP contribution < -0.4 is 5.11 Å². The lowest BCUT2D eigenvalue weighted by molar-refractivity contribution is -0.264. The van der Waals surface area contributed by atoms with Crippen molar-refractivity contribution in [1.82, 2.24) is 5.01 Å². The largest absolute Gasteiger partial charge is 0.529 e. The minimum Gasteiger partial charge on any atom is -0.529 e. The molecule has 0 spiro atoms. The fraction of sp³-hybridized carbons (Fsp3) is 0.500. The third-order valence-electron chi connectivity index (χ3n) is 0.387. The van der Waals surface area contributed by atoms with E-state index in [1.54, 1.807) is 0 Å². The maximum Gasteiger partial charge on any atom is 0.161 e. The van der Waals surface area contributed by atoms with E-state index in [0.717, 1.165) is 7.05 Å². The van der Waals surface area contributed by atoms with Crippen molar-refractivity contribution in [2.75, 3.05) is 7.05 Å². The number of hydrogen-bond acceptors (Lipinski definition) is 4. The van der Waals surface area contributed by atoms with Gasteiger partial charge in [-0.25, -0.2) is 5.01 Å². The van der Waals surface area contributed by atoms with E-state index in [0.29, 0.717) is 0 Å². The minimum atomic E-state index is -1.60. The number of carbonyl (C=O) groups excluding carboxylic acids is 1. The molecular formula is C2H3N2O3-. The zero-order valence-electron chi connectivity index (χ0n) is 3.62. The van der Waals surface area contributed by atoms with E-state index in [-0.39, 0.29) is 5.01 Å². The van der Waals surface area contributed by atoms with Crippen molar-refractivity contribution in [1.29, 1.82) is 0 Å². The average molecular weight is 103 g/mol. The second kappa shape index (κ2) is 2.12. The molecule has 0 saturated carbocycles. The summed E-state index contributed by atoms with van der Waals surface area (Å²) in [4.78, 5) is 18.7. The van der Waals surface area contributed by atoms with Crippen LogP contribution in [0.5, 0.6) is 0 Å². The molecule has 0 radical (unpaired) electrons. The van der Waals surface area contributed by atoms with Crippen LogP contribution in [0.25, 0.3) is 0 Å². The third-order valence-corrected chi connectivity index (χ3v) is 0.387. The lowest BCUT2D eigenvalue weighted by atomic mass is 11.1. The van der Waals surface area contributed by atoms with Gasteiger partial charge in [0.25, 0.3) is 0 Å². The molecule has 1 amide bonds. The van der Waals surface area contributed by atoms with Gasteiger partial charge in [0.2, 0.25) is 0 Å². The summed E-state index contributed by atoms with van der Waals surface area (Å²) < 4.78 is 0. The Bertz CT molecular complexity index is 90.9. The predicted octanol–water partition coefficient (Wildman–Crippen LogP) is -1.06. The van der Waals surface area contributed by atoms with E-state index in [9.17, 15) is 14.8 Å². The maximum atomic E-state index is 9.45. The van der Waals surface area contributed by atoms with E-state index in [2.05, 4.69) is 0 Å². The molecule has 0 fully saturated rings. The SMILES string of the molecule is CN(N=O)C(=O)[O-]. The first-order chi connectivity index (χ1) is 3.18. The summed E-state index contributed by atoms with van der Waals surface area (Å²) in [6, 6.07) is 0. The smallest absolute Gasteiger partial charge is 0.161 e. The minimum absolute atomic E-state index is 0.167. The van der Waals surface area contributed by atoms with Crippen LogP contribution in [0, 0.1) is 4.91 Å². The predicted molar refractivity (Wildman–Crippen MR) is 19.0 cm³/mol. The van der Waals surface area contributed by atoms with Crippen LogP contribution >= 0.6 is 0 Å². The highest BCUT2D eigenvalue weighted by molar-refractivity contribution is 5.61. The molecule has 0 N–H and O–H groups in total. The van der Waals surface area contributed by atoms with E-state index < -0.39 is 6.09 Å². The van der Waals surface area contributed by atoms with Crippen LogP contribution in [0.3, 0.4) is 0 Å². The molecule has 5 heteroatoms. The molecule has 0 atom stereocenters. The first-order valence-corrected chi connectivity index (χ1v) is 1.46. The maximum absolute atomic E-state index is 9.45. The fourth-order valence-electron chi connectivity index (χ4n) is 0.0333. The highest BCUT2D eigenvalue weighted by Crippen LogP contribution is 1.75. The highest BCUT2D eigenvalue weighted by atomic mass is 16.4. The lowest BCUT2D eigenvalue weighted by Gasteiger charge is -2.05. The van der Waals surface area contributed by atoms with Crippen LogP contribution in [-0.2, 0) is 0 Å². The standard InChI is InChI=1S/C2H4N2O3/c1-4(3-7)2(5)6/h1H3,(H,5,6)/p-1. The van der Waals surface area contributed by atoms with Gasteiger partial charge in [-0.1, -0.05) is 0 Å². The number of nitrogens with zero attached hydrogens (tertiary/aromatic N) is 2. The van der Waals surface area contributed by atoms with Gasteiger partial charge in [-0.05, 0) is 0 Å². The summed E-state index contributed by atoms with van der Waals surface area (Å²) >= 11 is 0. The summed E-state index contributed by atoms with van der Waals surface area (Å²) in [6.07, 6.45) is -1.60. The monoisotopic (exact) mass is 103 g/mol. The Kier molecular flexibility index (Phi) is 1.78. The molecule has 0 aliphatic carbocycles. The molecular weight excluding hydrogens is 100 g/mol. The molecule has 0 aliphatic rings. The van der Waals surface area contributed by atoms with E-state index in [4.69, 9.17) is 0 Å². The summed E-state index contributed by atoms with van der Waals surface area (Å²) in [5.41, 5.74) is 0. The van der Waals surface area contributed by atoms with Crippen molar-refractivity contribution in [2.45, 2.75) is 0 Å². The molecule has 0 aromatic heterocycles. The second-order valence-electron chi connectivity index (χ2n) is 0.871. The van der Waals surface area contributed by atoms with Gasteiger partial charge >= 0.3 is 0 Å². The quantitative estimate of drug-likeness (QED) is 0.313. The summed E-state index contributed by atoms with van der Waals surface area (Å²) in [7, 11) is 0.988. The number of hydrogen-bond donors (Lipinski definition) is 0. The topological polar surface area (TPSA) is 72.8 Å². The number of rotatable bonds is 1. The molecule has 5 nitrogen and oxygen atoms in total. The molecule has 0 rings (SSSR count). The highest BCUT2D eigenvalue weighted by Gasteiger charge is 1.88. The van der Waals surface area contributed by atoms with Gasteiger partial charge < -0.3 is 9.90 Å². The average Bonchev–Trinajstić information content (AvgIpc) is 1.65. The van der Waals surface area contributed by atoms with Crippen molar-refractivity contribution in [2.24, 2.45) is 5.29 Å². The Morgan fingerprint density at radius 3 is 2.29 bits per heavy atom. The van der Waals surface area contributed by atoms with Crippen molar-refractivity contribution in [3.8, 4) is 0 Å². The molecule has 0 aromatic rings. The first-order valence-electron chi connectivity index (χ1n) is 1.46. The summed E-state index contributed by atoms with van der Waals surface area (Å²) in [6.45, 7) is 0. The Hall–Kier alpha value is -1.13. The Labute approximate surface area is 39.5 Å². The fourth-order valence-corrected chi connectivity index (χ4v) is 0.0333. The van der Waals surface area contributed by atoms with Gasteiger partial charge in [0, 0.05) is 7.05 Å². The number of amides is 1. The van der Waals surface area contributed by atoms with Gasteiger partial charge in [0.15, 0.2) is 6.09 Å². The van der Waals surface area contributed by atoms with Crippen LogP contribution in [0.15, 0.2) is 5.29 Å². The first kappa shape index (κ1) is 5.87. The lowest BCUT2D eigenvalue weighted by Crippen LogP contribution is -2.34. The molecule has 0 bridgehead atoms. The Morgan fingerprint density at radius 2 is 2.29 bits per heavy atom. The van der Waals surface area contributed by atoms with Crippen molar-refractivity contribution in [3.63, 3.8) is 0 Å². The van der Waals surface area contributed by atoms with Crippen LogP contribution in [-0.4, -0.2) is 18.1 Å². The Morgan fingerprint density at radius 1 is 1.86 bits per heavy atom. The molecule has 7 heavy (non-hydrogen) atoms. The number of nitroso groups, excluding NO2 is 1.